The fourth-order valence-electron chi connectivity index (χ4n) is 2.26. The third-order valence-corrected chi connectivity index (χ3v) is 3.10. The van der Waals surface area contributed by atoms with Gasteiger partial charge in [-0.1, -0.05) is 0 Å². The van der Waals surface area contributed by atoms with E-state index in [2.05, 4.69) is 20.2 Å². The van der Waals surface area contributed by atoms with E-state index in [-0.39, 0.29) is 17.9 Å². The van der Waals surface area contributed by atoms with Crippen LogP contribution in [0.25, 0.3) is 0 Å². The second kappa shape index (κ2) is 5.80. The molecule has 0 saturated carbocycles. The Morgan fingerprint density at radius 3 is 3.00 bits per heavy atom. The van der Waals surface area contributed by atoms with Gasteiger partial charge in [0.25, 0.3) is 0 Å². The maximum atomic E-state index is 12.0. The van der Waals surface area contributed by atoms with Crippen molar-refractivity contribution in [2.24, 2.45) is 5.92 Å². The van der Waals surface area contributed by atoms with E-state index in [0.29, 0.717) is 0 Å². The molecule has 2 heterocycles. The maximum absolute atomic E-state index is 12.0. The number of piperidine rings is 1. The molecule has 1 aromatic rings. The van der Waals surface area contributed by atoms with Crippen molar-refractivity contribution in [1.82, 2.24) is 15.3 Å². The van der Waals surface area contributed by atoms with E-state index >= 15 is 0 Å². The van der Waals surface area contributed by atoms with E-state index in [1.54, 1.807) is 18.6 Å². The number of nitrogens with zero attached hydrogens (tertiary/aromatic N) is 3. The first-order chi connectivity index (χ1) is 8.66. The SMILES string of the molecule is CC(C)NC(=O)[C@@H]1CCCN(c2cnccn2)C1. The molecule has 1 aliphatic rings. The zero-order chi connectivity index (χ0) is 13.0. The summed E-state index contributed by atoms with van der Waals surface area (Å²) in [6.45, 7) is 5.66. The summed E-state index contributed by atoms with van der Waals surface area (Å²) in [7, 11) is 0. The fourth-order valence-corrected chi connectivity index (χ4v) is 2.26. The quantitative estimate of drug-likeness (QED) is 0.873. The standard InChI is InChI=1S/C13H20N4O/c1-10(2)16-13(18)11-4-3-7-17(9-11)12-8-14-5-6-15-12/h5-6,8,10-11H,3-4,7,9H2,1-2H3,(H,16,18)/t11-/m1/s1. The summed E-state index contributed by atoms with van der Waals surface area (Å²) < 4.78 is 0. The monoisotopic (exact) mass is 248 g/mol. The van der Waals surface area contributed by atoms with Crippen LogP contribution >= 0.6 is 0 Å². The van der Waals surface area contributed by atoms with Gasteiger partial charge in [-0.3, -0.25) is 9.78 Å². The number of aromatic nitrogens is 2. The van der Waals surface area contributed by atoms with Crippen molar-refractivity contribution < 1.29 is 4.79 Å². The van der Waals surface area contributed by atoms with Gasteiger partial charge in [0.15, 0.2) is 0 Å². The van der Waals surface area contributed by atoms with Gasteiger partial charge in [0.2, 0.25) is 5.91 Å². The molecular formula is C13H20N4O. The number of hydrogen-bond acceptors (Lipinski definition) is 4. The Bertz CT molecular complexity index is 393. The van der Waals surface area contributed by atoms with Crippen molar-refractivity contribution in [3.63, 3.8) is 0 Å². The Balaban J connectivity index is 1.98. The highest BCUT2D eigenvalue weighted by Gasteiger charge is 2.26. The molecule has 1 atom stereocenters. The molecule has 0 spiro atoms. The average molecular weight is 248 g/mol. The molecule has 1 aliphatic heterocycles. The van der Waals surface area contributed by atoms with E-state index < -0.39 is 0 Å². The van der Waals surface area contributed by atoms with Crippen LogP contribution in [0, 0.1) is 5.92 Å². The van der Waals surface area contributed by atoms with Crippen LogP contribution in [0.15, 0.2) is 18.6 Å². The lowest BCUT2D eigenvalue weighted by atomic mass is 9.97. The molecule has 1 saturated heterocycles. The van der Waals surface area contributed by atoms with E-state index in [4.69, 9.17) is 0 Å². The van der Waals surface area contributed by atoms with Crippen LogP contribution in [-0.4, -0.2) is 35.0 Å². The molecule has 2 rings (SSSR count). The molecule has 0 radical (unpaired) electrons. The molecule has 98 valence electrons. The Hall–Kier alpha value is -1.65. The van der Waals surface area contributed by atoms with Crippen molar-refractivity contribution in [3.05, 3.63) is 18.6 Å². The second-order valence-corrected chi connectivity index (χ2v) is 5.01. The topological polar surface area (TPSA) is 58.1 Å². The summed E-state index contributed by atoms with van der Waals surface area (Å²) >= 11 is 0. The highest BCUT2D eigenvalue weighted by atomic mass is 16.2. The summed E-state index contributed by atoms with van der Waals surface area (Å²) in [4.78, 5) is 22.5. The number of anilines is 1. The van der Waals surface area contributed by atoms with Gasteiger partial charge in [0.1, 0.15) is 5.82 Å². The second-order valence-electron chi connectivity index (χ2n) is 5.01. The number of nitrogens with one attached hydrogen (secondary N) is 1. The normalized spacial score (nSPS) is 19.9. The highest BCUT2D eigenvalue weighted by molar-refractivity contribution is 5.79. The molecule has 0 bridgehead atoms. The van der Waals surface area contributed by atoms with Gasteiger partial charge in [-0.25, -0.2) is 4.98 Å². The Morgan fingerprint density at radius 1 is 1.50 bits per heavy atom. The molecule has 1 amide bonds. The molecule has 1 N–H and O–H groups in total. The van der Waals surface area contributed by atoms with Gasteiger partial charge < -0.3 is 10.2 Å². The van der Waals surface area contributed by atoms with Crippen molar-refractivity contribution in [3.8, 4) is 0 Å². The predicted molar refractivity (Wildman–Crippen MR) is 70.2 cm³/mol. The molecule has 18 heavy (non-hydrogen) atoms. The Morgan fingerprint density at radius 2 is 2.33 bits per heavy atom. The molecule has 0 unspecified atom stereocenters. The van der Waals surface area contributed by atoms with Gasteiger partial charge in [-0.2, -0.15) is 0 Å². The first-order valence-electron chi connectivity index (χ1n) is 6.48. The lowest BCUT2D eigenvalue weighted by Crippen LogP contribution is -2.45. The van der Waals surface area contributed by atoms with Gasteiger partial charge in [-0.15, -0.1) is 0 Å². The first kappa shape index (κ1) is 12.8. The van der Waals surface area contributed by atoms with Crippen LogP contribution in [0.3, 0.4) is 0 Å². The first-order valence-corrected chi connectivity index (χ1v) is 6.48. The van der Waals surface area contributed by atoms with Crippen LogP contribution in [0.2, 0.25) is 0 Å². The van der Waals surface area contributed by atoms with Crippen molar-refractivity contribution in [1.29, 1.82) is 0 Å². The van der Waals surface area contributed by atoms with Gasteiger partial charge in [0.05, 0.1) is 12.1 Å². The average Bonchev–Trinajstić information content (AvgIpc) is 2.39. The zero-order valence-electron chi connectivity index (χ0n) is 11.0. The zero-order valence-corrected chi connectivity index (χ0v) is 11.0. The van der Waals surface area contributed by atoms with Crippen LogP contribution in [0.1, 0.15) is 26.7 Å². The van der Waals surface area contributed by atoms with Gasteiger partial charge in [0, 0.05) is 31.5 Å². The van der Waals surface area contributed by atoms with E-state index in [9.17, 15) is 4.79 Å². The molecule has 5 heteroatoms. The molecular weight excluding hydrogens is 228 g/mol. The fraction of sp³-hybridized carbons (Fsp3) is 0.615. The minimum Gasteiger partial charge on any atom is -0.355 e. The molecule has 1 fully saturated rings. The largest absolute Gasteiger partial charge is 0.355 e. The minimum absolute atomic E-state index is 0.0585. The number of carbonyl (C=O) groups is 1. The molecule has 0 aliphatic carbocycles. The van der Waals surface area contributed by atoms with Crippen LogP contribution in [0.5, 0.6) is 0 Å². The third-order valence-electron chi connectivity index (χ3n) is 3.10. The van der Waals surface area contributed by atoms with Crippen LogP contribution in [0.4, 0.5) is 5.82 Å². The maximum Gasteiger partial charge on any atom is 0.225 e. The summed E-state index contributed by atoms with van der Waals surface area (Å²) in [5, 5.41) is 2.98. The summed E-state index contributed by atoms with van der Waals surface area (Å²) in [6, 6.07) is 0.199. The van der Waals surface area contributed by atoms with Crippen molar-refractivity contribution >= 4 is 11.7 Å². The minimum atomic E-state index is 0.0585. The molecule has 5 nitrogen and oxygen atoms in total. The lowest BCUT2D eigenvalue weighted by molar-refractivity contribution is -0.125. The van der Waals surface area contributed by atoms with Gasteiger partial charge in [-0.05, 0) is 26.7 Å². The predicted octanol–water partition coefficient (Wildman–Crippen LogP) is 1.22. The molecule has 0 aromatic carbocycles. The Kier molecular flexibility index (Phi) is 4.12. The van der Waals surface area contributed by atoms with E-state index in [1.165, 1.54) is 0 Å². The van der Waals surface area contributed by atoms with E-state index in [1.807, 2.05) is 13.8 Å². The number of carbonyl (C=O) groups excluding carboxylic acids is 1. The number of rotatable bonds is 3. The number of hydrogen-bond donors (Lipinski definition) is 1. The van der Waals surface area contributed by atoms with Crippen LogP contribution < -0.4 is 10.2 Å². The van der Waals surface area contributed by atoms with Crippen molar-refractivity contribution in [2.75, 3.05) is 18.0 Å². The third kappa shape index (κ3) is 3.18. The summed E-state index contributed by atoms with van der Waals surface area (Å²) in [5.74, 6) is 1.07. The Labute approximate surface area is 108 Å². The van der Waals surface area contributed by atoms with E-state index in [0.717, 1.165) is 31.7 Å². The highest BCUT2D eigenvalue weighted by Crippen LogP contribution is 2.20. The van der Waals surface area contributed by atoms with Gasteiger partial charge >= 0.3 is 0 Å². The lowest BCUT2D eigenvalue weighted by Gasteiger charge is -2.32. The van der Waals surface area contributed by atoms with Crippen LogP contribution in [-0.2, 0) is 4.79 Å². The number of amides is 1. The summed E-state index contributed by atoms with van der Waals surface area (Å²) in [5.41, 5.74) is 0. The van der Waals surface area contributed by atoms with Crippen molar-refractivity contribution in [2.45, 2.75) is 32.7 Å². The molecule has 1 aromatic heterocycles. The summed E-state index contributed by atoms with van der Waals surface area (Å²) in [6.07, 6.45) is 7.08. The smallest absolute Gasteiger partial charge is 0.225 e.